The van der Waals surface area contributed by atoms with E-state index >= 15 is 0 Å². The van der Waals surface area contributed by atoms with E-state index in [0.29, 0.717) is 0 Å². The highest BCUT2D eigenvalue weighted by Gasteiger charge is 1.66. The molecule has 0 bridgehead atoms. The zero-order chi connectivity index (χ0) is 6.95. The first-order chi connectivity index (χ1) is 4.41. The van der Waals surface area contributed by atoms with Gasteiger partial charge < -0.3 is 0 Å². The zero-order valence-electron chi connectivity index (χ0n) is 6.01. The predicted octanol–water partition coefficient (Wildman–Crippen LogP) is 3.08. The Morgan fingerprint density at radius 3 is 2.56 bits per heavy atom. The first kappa shape index (κ1) is 8.22. The van der Waals surface area contributed by atoms with Gasteiger partial charge in [0, 0.05) is 0 Å². The van der Waals surface area contributed by atoms with Gasteiger partial charge in [-0.05, 0) is 12.8 Å². The molecule has 50 valence electrons. The Morgan fingerprint density at radius 1 is 1.22 bits per heavy atom. The molecule has 0 atom stereocenters. The van der Waals surface area contributed by atoms with Gasteiger partial charge >= 0.3 is 0 Å². The fourth-order valence-electron chi connectivity index (χ4n) is 0.516. The molecule has 0 aliphatic carbocycles. The Hall–Kier alpha value is -0.780. The molecule has 0 rings (SSSR count). The van der Waals surface area contributed by atoms with Crippen molar-refractivity contribution in [2.24, 2.45) is 0 Å². The topological polar surface area (TPSA) is 0 Å². The van der Waals surface area contributed by atoms with Gasteiger partial charge in [0.2, 0.25) is 0 Å². The predicted molar refractivity (Wildman–Crippen MR) is 43.4 cm³/mol. The molecule has 0 N–H and O–H groups in total. The highest BCUT2D eigenvalue weighted by atomic mass is 13.7. The van der Waals surface area contributed by atoms with Crippen LogP contribution in [-0.4, -0.2) is 0 Å². The molecule has 0 heteroatoms. The highest BCUT2D eigenvalue weighted by molar-refractivity contribution is 5.00. The number of hydrogen-bond donors (Lipinski definition) is 0. The fourth-order valence-corrected chi connectivity index (χ4v) is 0.516. The molecule has 0 spiro atoms. The molecular weight excluding hydrogens is 108 g/mol. The van der Waals surface area contributed by atoms with Gasteiger partial charge in [0.25, 0.3) is 0 Å². The van der Waals surface area contributed by atoms with Crippen molar-refractivity contribution in [2.45, 2.75) is 19.8 Å². The average Bonchev–Trinajstić information content (AvgIpc) is 1.89. The molecule has 0 unspecified atom stereocenters. The van der Waals surface area contributed by atoms with Gasteiger partial charge in [0.1, 0.15) is 0 Å². The van der Waals surface area contributed by atoms with Crippen molar-refractivity contribution < 1.29 is 0 Å². The standard InChI is InChI=1S/C9H14/c1-3-5-7-9-8-6-4-2/h3,5-8H,1,4,9H2,2H3/b7-5-,8-6-. The lowest BCUT2D eigenvalue weighted by atomic mass is 10.3. The number of rotatable bonds is 4. The summed E-state index contributed by atoms with van der Waals surface area (Å²) in [5.74, 6) is 0. The van der Waals surface area contributed by atoms with Crippen LogP contribution in [0.3, 0.4) is 0 Å². The summed E-state index contributed by atoms with van der Waals surface area (Å²) in [5.41, 5.74) is 0. The normalized spacial score (nSPS) is 11.2. The Morgan fingerprint density at radius 2 is 2.00 bits per heavy atom. The van der Waals surface area contributed by atoms with Crippen LogP contribution in [0, 0.1) is 0 Å². The van der Waals surface area contributed by atoms with Crippen LogP contribution < -0.4 is 0 Å². The summed E-state index contributed by atoms with van der Waals surface area (Å²) in [7, 11) is 0. The van der Waals surface area contributed by atoms with Crippen LogP contribution in [0.25, 0.3) is 0 Å². The first-order valence-corrected chi connectivity index (χ1v) is 3.34. The van der Waals surface area contributed by atoms with Crippen molar-refractivity contribution >= 4 is 0 Å². The zero-order valence-corrected chi connectivity index (χ0v) is 6.01. The Kier molecular flexibility index (Phi) is 6.59. The maximum absolute atomic E-state index is 3.57. The molecule has 0 saturated heterocycles. The molecule has 0 aromatic rings. The second-order valence-corrected chi connectivity index (χ2v) is 1.78. The summed E-state index contributed by atoms with van der Waals surface area (Å²) < 4.78 is 0. The Balaban J connectivity index is 3.17. The third-order valence-electron chi connectivity index (χ3n) is 0.947. The quantitative estimate of drug-likeness (QED) is 0.397. The van der Waals surface area contributed by atoms with E-state index in [9.17, 15) is 0 Å². The second-order valence-electron chi connectivity index (χ2n) is 1.78. The lowest BCUT2D eigenvalue weighted by molar-refractivity contribution is 1.20. The van der Waals surface area contributed by atoms with Crippen LogP contribution in [0.5, 0.6) is 0 Å². The molecule has 0 nitrogen and oxygen atoms in total. The molecular formula is C9H14. The summed E-state index contributed by atoms with van der Waals surface area (Å²) >= 11 is 0. The number of hydrogen-bond acceptors (Lipinski definition) is 0. The van der Waals surface area contributed by atoms with Crippen molar-refractivity contribution in [3.05, 3.63) is 37.0 Å². The molecule has 0 aliphatic rings. The summed E-state index contributed by atoms with van der Waals surface area (Å²) in [6.07, 6.45) is 12.3. The van der Waals surface area contributed by atoms with Gasteiger partial charge in [0.15, 0.2) is 0 Å². The largest absolute Gasteiger partial charge is 0.0991 e. The summed E-state index contributed by atoms with van der Waals surface area (Å²) in [5, 5.41) is 0. The van der Waals surface area contributed by atoms with E-state index in [-0.39, 0.29) is 0 Å². The van der Waals surface area contributed by atoms with E-state index in [4.69, 9.17) is 0 Å². The highest BCUT2D eigenvalue weighted by Crippen LogP contribution is 1.87. The van der Waals surface area contributed by atoms with Crippen LogP contribution in [0.2, 0.25) is 0 Å². The van der Waals surface area contributed by atoms with Crippen molar-refractivity contribution in [1.82, 2.24) is 0 Å². The van der Waals surface area contributed by atoms with E-state index < -0.39 is 0 Å². The summed E-state index contributed by atoms with van der Waals surface area (Å²) in [6.45, 7) is 5.70. The lowest BCUT2D eigenvalue weighted by Gasteiger charge is -1.78. The monoisotopic (exact) mass is 122 g/mol. The minimum absolute atomic E-state index is 1.03. The third-order valence-corrected chi connectivity index (χ3v) is 0.947. The maximum atomic E-state index is 3.57. The number of allylic oxidation sites excluding steroid dienone is 5. The van der Waals surface area contributed by atoms with E-state index in [1.54, 1.807) is 6.08 Å². The van der Waals surface area contributed by atoms with Gasteiger partial charge in [-0.3, -0.25) is 0 Å². The van der Waals surface area contributed by atoms with Crippen molar-refractivity contribution in [3.8, 4) is 0 Å². The Labute approximate surface area is 57.6 Å². The molecule has 0 aliphatic heterocycles. The molecule has 0 radical (unpaired) electrons. The summed E-state index contributed by atoms with van der Waals surface area (Å²) in [6, 6.07) is 0. The molecule has 0 aromatic carbocycles. The van der Waals surface area contributed by atoms with Crippen molar-refractivity contribution in [3.63, 3.8) is 0 Å². The minimum atomic E-state index is 1.03. The van der Waals surface area contributed by atoms with Crippen LogP contribution in [0.15, 0.2) is 37.0 Å². The fraction of sp³-hybridized carbons (Fsp3) is 0.333. The van der Waals surface area contributed by atoms with Gasteiger partial charge in [-0.15, -0.1) is 0 Å². The lowest BCUT2D eigenvalue weighted by Crippen LogP contribution is -1.56. The average molecular weight is 122 g/mol. The Bertz CT molecular complexity index is 107. The van der Waals surface area contributed by atoms with Gasteiger partial charge in [-0.1, -0.05) is 43.9 Å². The molecule has 0 saturated carbocycles. The second kappa shape index (κ2) is 7.22. The SMILES string of the molecule is C=C/C=C\C/C=C\CC. The van der Waals surface area contributed by atoms with E-state index in [0.717, 1.165) is 12.8 Å². The molecule has 0 fully saturated rings. The van der Waals surface area contributed by atoms with Crippen LogP contribution in [0.4, 0.5) is 0 Å². The van der Waals surface area contributed by atoms with Crippen LogP contribution in [-0.2, 0) is 0 Å². The van der Waals surface area contributed by atoms with E-state index in [1.807, 2.05) is 6.08 Å². The van der Waals surface area contributed by atoms with Crippen LogP contribution >= 0.6 is 0 Å². The van der Waals surface area contributed by atoms with E-state index in [2.05, 4.69) is 31.7 Å². The van der Waals surface area contributed by atoms with Gasteiger partial charge in [0.05, 0.1) is 0 Å². The summed E-state index contributed by atoms with van der Waals surface area (Å²) in [4.78, 5) is 0. The molecule has 0 amide bonds. The smallest absolute Gasteiger partial charge is 0.0166 e. The molecule has 0 aromatic heterocycles. The van der Waals surface area contributed by atoms with E-state index in [1.165, 1.54) is 0 Å². The van der Waals surface area contributed by atoms with Crippen molar-refractivity contribution in [1.29, 1.82) is 0 Å². The maximum Gasteiger partial charge on any atom is -0.0166 e. The van der Waals surface area contributed by atoms with Gasteiger partial charge in [-0.25, -0.2) is 0 Å². The minimum Gasteiger partial charge on any atom is -0.0991 e. The van der Waals surface area contributed by atoms with Gasteiger partial charge in [-0.2, -0.15) is 0 Å². The van der Waals surface area contributed by atoms with Crippen molar-refractivity contribution in [2.75, 3.05) is 0 Å². The third kappa shape index (κ3) is 7.22. The molecule has 0 heterocycles. The first-order valence-electron chi connectivity index (χ1n) is 3.34. The molecule has 9 heavy (non-hydrogen) atoms. The van der Waals surface area contributed by atoms with Crippen LogP contribution in [0.1, 0.15) is 19.8 Å².